The number of urea groups is 1. The Hall–Kier alpha value is -1.84. The Balaban J connectivity index is 2.56. The molecule has 3 amide bonds. The van der Waals surface area contributed by atoms with E-state index in [2.05, 4.69) is 10.6 Å². The molecule has 0 unspecified atom stereocenters. The number of ether oxygens (including phenoxy) is 1. The van der Waals surface area contributed by atoms with E-state index < -0.39 is 17.9 Å². The van der Waals surface area contributed by atoms with Crippen molar-refractivity contribution in [2.45, 2.75) is 6.42 Å². The molecule has 1 rings (SSSR count). The molecule has 0 aromatic heterocycles. The summed E-state index contributed by atoms with van der Waals surface area (Å²) in [6.45, 7) is -0.0241. The minimum Gasteiger partial charge on any atom is -0.492 e. The lowest BCUT2D eigenvalue weighted by Crippen LogP contribution is -2.37. The molecule has 0 aliphatic carbocycles. The number of halogens is 1. The molecule has 0 saturated heterocycles. The normalized spacial score (nSPS) is 9.70. The summed E-state index contributed by atoms with van der Waals surface area (Å²) in [6.07, 6.45) is -0.0571. The van der Waals surface area contributed by atoms with Crippen molar-refractivity contribution in [1.29, 1.82) is 0 Å². The van der Waals surface area contributed by atoms with Crippen molar-refractivity contribution >= 4 is 40.5 Å². The average Bonchev–Trinajstić information content (AvgIpc) is 2.39. The fourth-order valence-corrected chi connectivity index (χ4v) is 1.79. The lowest BCUT2D eigenvalue weighted by atomic mass is 10.2. The van der Waals surface area contributed by atoms with Gasteiger partial charge < -0.3 is 15.2 Å². The molecule has 20 heavy (non-hydrogen) atoms. The van der Waals surface area contributed by atoms with Crippen LogP contribution in [-0.2, 0) is 4.79 Å². The molecule has 0 aliphatic rings. The molecule has 0 spiro atoms. The number of rotatable bonds is 5. The van der Waals surface area contributed by atoms with Gasteiger partial charge >= 0.3 is 12.0 Å². The van der Waals surface area contributed by atoms with Crippen LogP contribution in [0.15, 0.2) is 18.2 Å². The van der Waals surface area contributed by atoms with E-state index in [1.54, 1.807) is 6.07 Å². The number of hydrogen-bond donors (Lipinski definition) is 3. The number of amides is 3. The number of hydrogen-bond acceptors (Lipinski definition) is 4. The third-order valence-electron chi connectivity index (χ3n) is 2.24. The first kappa shape index (κ1) is 16.2. The second kappa shape index (κ2) is 7.68. The summed E-state index contributed by atoms with van der Waals surface area (Å²) in [4.78, 5) is 33.2. The van der Waals surface area contributed by atoms with Crippen LogP contribution in [0.4, 0.5) is 4.79 Å². The van der Waals surface area contributed by atoms with E-state index in [1.165, 1.54) is 19.2 Å². The number of carbonyl (C=O) groups is 3. The van der Waals surface area contributed by atoms with E-state index in [-0.39, 0.29) is 24.3 Å². The van der Waals surface area contributed by atoms with Gasteiger partial charge in [0.25, 0.3) is 0 Å². The quantitative estimate of drug-likeness (QED) is 0.654. The molecule has 7 nitrogen and oxygen atoms in total. The monoisotopic (exact) mass is 392 g/mol. The molecule has 0 heterocycles. The molecule has 1 aromatic rings. The molecule has 0 radical (unpaired) electrons. The van der Waals surface area contributed by atoms with Gasteiger partial charge in [-0.2, -0.15) is 0 Å². The Morgan fingerprint density at radius 1 is 1.35 bits per heavy atom. The maximum absolute atomic E-state index is 11.3. The van der Waals surface area contributed by atoms with Crippen LogP contribution in [0.25, 0.3) is 0 Å². The van der Waals surface area contributed by atoms with Crippen LogP contribution in [0, 0.1) is 3.57 Å². The molecule has 1 aromatic carbocycles. The van der Waals surface area contributed by atoms with Crippen molar-refractivity contribution < 1.29 is 24.2 Å². The SMILES string of the molecule is CNC(=O)NC(=O)CCOc1ccc(I)cc1C(=O)O. The highest BCUT2D eigenvalue weighted by atomic mass is 127. The van der Waals surface area contributed by atoms with Crippen LogP contribution < -0.4 is 15.4 Å². The van der Waals surface area contributed by atoms with Gasteiger partial charge in [-0.3, -0.25) is 10.1 Å². The van der Waals surface area contributed by atoms with Crippen molar-refractivity contribution in [1.82, 2.24) is 10.6 Å². The minimum absolute atomic E-state index is 0.0241. The molecule has 0 aliphatic heterocycles. The average molecular weight is 392 g/mol. The van der Waals surface area contributed by atoms with Crippen molar-refractivity contribution in [3.05, 3.63) is 27.3 Å². The highest BCUT2D eigenvalue weighted by Crippen LogP contribution is 2.21. The summed E-state index contributed by atoms with van der Waals surface area (Å²) < 4.78 is 6.03. The van der Waals surface area contributed by atoms with E-state index >= 15 is 0 Å². The molecule has 0 atom stereocenters. The Labute approximate surface area is 128 Å². The van der Waals surface area contributed by atoms with Crippen molar-refractivity contribution in [3.63, 3.8) is 0 Å². The minimum atomic E-state index is -1.10. The number of nitrogens with one attached hydrogen (secondary N) is 2. The lowest BCUT2D eigenvalue weighted by molar-refractivity contribution is -0.120. The van der Waals surface area contributed by atoms with Crippen molar-refractivity contribution in [2.24, 2.45) is 0 Å². The van der Waals surface area contributed by atoms with E-state index in [0.29, 0.717) is 0 Å². The molecule has 108 valence electrons. The summed E-state index contributed by atoms with van der Waals surface area (Å²) in [6, 6.07) is 4.10. The summed E-state index contributed by atoms with van der Waals surface area (Å²) >= 11 is 1.99. The van der Waals surface area contributed by atoms with Gasteiger partial charge in [-0.25, -0.2) is 9.59 Å². The van der Waals surface area contributed by atoms with Crippen molar-refractivity contribution in [3.8, 4) is 5.75 Å². The van der Waals surface area contributed by atoms with Crippen LogP contribution in [0.5, 0.6) is 5.75 Å². The highest BCUT2D eigenvalue weighted by Gasteiger charge is 2.12. The fraction of sp³-hybridized carbons (Fsp3) is 0.250. The Morgan fingerprint density at radius 3 is 2.65 bits per heavy atom. The first-order chi connectivity index (χ1) is 9.43. The molecule has 0 saturated carbocycles. The van der Waals surface area contributed by atoms with E-state index in [9.17, 15) is 14.4 Å². The standard InChI is InChI=1S/C12H13IN2O5/c1-14-12(19)15-10(16)4-5-20-9-3-2-7(13)6-8(9)11(17)18/h2-3,6H,4-5H2,1H3,(H,17,18)(H2,14,15,16,19). The van der Waals surface area contributed by atoms with Gasteiger partial charge in [-0.05, 0) is 40.8 Å². The van der Waals surface area contributed by atoms with Gasteiger partial charge in [-0.1, -0.05) is 0 Å². The third-order valence-corrected chi connectivity index (χ3v) is 2.91. The zero-order valence-electron chi connectivity index (χ0n) is 10.6. The Morgan fingerprint density at radius 2 is 2.05 bits per heavy atom. The highest BCUT2D eigenvalue weighted by molar-refractivity contribution is 14.1. The van der Waals surface area contributed by atoms with Gasteiger partial charge in [-0.15, -0.1) is 0 Å². The number of carbonyl (C=O) groups excluding carboxylic acids is 2. The predicted octanol–water partition coefficient (Wildman–Crippen LogP) is 1.21. The Bertz CT molecular complexity index is 533. The van der Waals surface area contributed by atoms with Crippen molar-refractivity contribution in [2.75, 3.05) is 13.7 Å². The van der Waals surface area contributed by atoms with Gasteiger partial charge in [0.15, 0.2) is 0 Å². The second-order valence-corrected chi connectivity index (χ2v) is 4.92. The van der Waals surface area contributed by atoms with E-state index in [1.807, 2.05) is 22.6 Å². The molecule has 0 fully saturated rings. The maximum Gasteiger partial charge on any atom is 0.339 e. The molecule has 8 heteroatoms. The lowest BCUT2D eigenvalue weighted by Gasteiger charge is -2.09. The largest absolute Gasteiger partial charge is 0.492 e. The maximum atomic E-state index is 11.3. The number of carboxylic acid groups (broad SMARTS) is 1. The molecular weight excluding hydrogens is 379 g/mol. The zero-order chi connectivity index (χ0) is 15.1. The van der Waals surface area contributed by atoms with Crippen LogP contribution in [0.2, 0.25) is 0 Å². The number of carboxylic acids is 1. The van der Waals surface area contributed by atoms with Gasteiger partial charge in [0.1, 0.15) is 11.3 Å². The van der Waals surface area contributed by atoms with Gasteiger partial charge in [0, 0.05) is 10.6 Å². The summed E-state index contributed by atoms with van der Waals surface area (Å²) in [5, 5.41) is 13.4. The fourth-order valence-electron chi connectivity index (χ4n) is 1.30. The van der Waals surface area contributed by atoms with E-state index in [4.69, 9.17) is 9.84 Å². The van der Waals surface area contributed by atoms with Crippen LogP contribution in [0.1, 0.15) is 16.8 Å². The topological polar surface area (TPSA) is 105 Å². The van der Waals surface area contributed by atoms with Gasteiger partial charge in [0.05, 0.1) is 13.0 Å². The molecule has 3 N–H and O–H groups in total. The number of imide groups is 1. The zero-order valence-corrected chi connectivity index (χ0v) is 12.8. The Kier molecular flexibility index (Phi) is 6.22. The molecule has 0 bridgehead atoms. The van der Waals surface area contributed by atoms with Gasteiger partial charge in [0.2, 0.25) is 5.91 Å². The number of benzene rings is 1. The smallest absolute Gasteiger partial charge is 0.339 e. The summed E-state index contributed by atoms with van der Waals surface area (Å²) in [5.74, 6) is -1.43. The number of aromatic carboxylic acids is 1. The third kappa shape index (κ3) is 5.03. The summed E-state index contributed by atoms with van der Waals surface area (Å²) in [5.41, 5.74) is 0.0311. The summed E-state index contributed by atoms with van der Waals surface area (Å²) in [7, 11) is 1.39. The molecular formula is C12H13IN2O5. The van der Waals surface area contributed by atoms with Crippen LogP contribution >= 0.6 is 22.6 Å². The van der Waals surface area contributed by atoms with Crippen LogP contribution in [0.3, 0.4) is 0 Å². The van der Waals surface area contributed by atoms with E-state index in [0.717, 1.165) is 3.57 Å². The van der Waals surface area contributed by atoms with Crippen LogP contribution in [-0.4, -0.2) is 36.7 Å². The first-order valence-electron chi connectivity index (χ1n) is 5.61. The first-order valence-corrected chi connectivity index (χ1v) is 6.69. The predicted molar refractivity (Wildman–Crippen MR) is 78.8 cm³/mol. The second-order valence-electron chi connectivity index (χ2n) is 3.67.